The molecule has 1 aliphatic rings. The van der Waals surface area contributed by atoms with Crippen LogP contribution in [-0.2, 0) is 16.6 Å². The van der Waals surface area contributed by atoms with Crippen molar-refractivity contribution in [1.29, 1.82) is 0 Å². The fourth-order valence-electron chi connectivity index (χ4n) is 2.80. The fraction of sp³-hybridized carbons (Fsp3) is 0.421. The SMILES string of the molecule is COc1ccnc(CS(=O)c2nc3cc(C)c(OCC4CC4)nc3[n-]2)c1C.[Na+]. The Morgan fingerprint density at radius 2 is 2.07 bits per heavy atom. The van der Waals surface area contributed by atoms with Crippen LogP contribution in [0, 0.1) is 19.8 Å². The summed E-state index contributed by atoms with van der Waals surface area (Å²) in [5, 5.41) is 0.264. The van der Waals surface area contributed by atoms with Gasteiger partial charge in [0, 0.05) is 22.9 Å². The third-order valence-electron chi connectivity index (χ3n) is 4.65. The molecular formula is C19H21N4NaO3S. The van der Waals surface area contributed by atoms with Crippen molar-refractivity contribution in [2.45, 2.75) is 37.6 Å². The molecule has 1 atom stereocenters. The van der Waals surface area contributed by atoms with Crippen molar-refractivity contribution < 1.29 is 43.2 Å². The molecule has 0 spiro atoms. The van der Waals surface area contributed by atoms with Crippen LogP contribution >= 0.6 is 0 Å². The van der Waals surface area contributed by atoms with Crippen LogP contribution in [0.25, 0.3) is 11.2 Å². The molecule has 3 heterocycles. The predicted molar refractivity (Wildman–Crippen MR) is 101 cm³/mol. The van der Waals surface area contributed by atoms with Crippen molar-refractivity contribution in [2.24, 2.45) is 5.92 Å². The Balaban J connectivity index is 0.00000225. The average Bonchev–Trinajstić information content (AvgIpc) is 3.39. The van der Waals surface area contributed by atoms with Gasteiger partial charge in [0.2, 0.25) is 0 Å². The molecule has 1 aliphatic carbocycles. The van der Waals surface area contributed by atoms with E-state index in [9.17, 15) is 4.21 Å². The van der Waals surface area contributed by atoms with E-state index in [4.69, 9.17) is 9.47 Å². The van der Waals surface area contributed by atoms with Crippen LogP contribution in [-0.4, -0.2) is 32.9 Å². The molecule has 0 saturated heterocycles. The summed E-state index contributed by atoms with van der Waals surface area (Å²) in [6.45, 7) is 4.52. The van der Waals surface area contributed by atoms with E-state index in [0.717, 1.165) is 16.9 Å². The Morgan fingerprint density at radius 3 is 2.79 bits per heavy atom. The van der Waals surface area contributed by atoms with Crippen LogP contribution in [0.3, 0.4) is 0 Å². The van der Waals surface area contributed by atoms with E-state index >= 15 is 0 Å². The van der Waals surface area contributed by atoms with Crippen LogP contribution < -0.4 is 44.0 Å². The first kappa shape index (κ1) is 21.2. The largest absolute Gasteiger partial charge is 1.00 e. The number of fused-ring (bicyclic) bond motifs is 1. The first-order chi connectivity index (χ1) is 13.0. The maximum absolute atomic E-state index is 12.8. The quantitative estimate of drug-likeness (QED) is 0.497. The van der Waals surface area contributed by atoms with E-state index in [1.807, 2.05) is 19.9 Å². The summed E-state index contributed by atoms with van der Waals surface area (Å²) in [4.78, 5) is 17.5. The Morgan fingerprint density at radius 1 is 1.29 bits per heavy atom. The monoisotopic (exact) mass is 408 g/mol. The average molecular weight is 408 g/mol. The van der Waals surface area contributed by atoms with Gasteiger partial charge in [-0.2, -0.15) is 0 Å². The van der Waals surface area contributed by atoms with Gasteiger partial charge in [0.05, 0.1) is 41.1 Å². The van der Waals surface area contributed by atoms with E-state index in [1.54, 1.807) is 19.4 Å². The topological polar surface area (TPSA) is 88.3 Å². The van der Waals surface area contributed by atoms with Gasteiger partial charge in [0.25, 0.3) is 0 Å². The normalized spacial score (nSPS) is 14.5. The van der Waals surface area contributed by atoms with Gasteiger partial charge in [-0.15, -0.1) is 0 Å². The van der Waals surface area contributed by atoms with Gasteiger partial charge in [-0.25, -0.2) is 0 Å². The Hall–Kier alpha value is -1.48. The number of hydrogen-bond donors (Lipinski definition) is 0. The number of ether oxygens (including phenoxy) is 2. The van der Waals surface area contributed by atoms with Crippen molar-refractivity contribution in [3.05, 3.63) is 35.2 Å². The number of rotatable bonds is 7. The molecule has 0 bridgehead atoms. The maximum Gasteiger partial charge on any atom is 1.00 e. The Bertz CT molecular complexity index is 1020. The zero-order valence-corrected chi connectivity index (χ0v) is 19.4. The third-order valence-corrected chi connectivity index (χ3v) is 5.77. The van der Waals surface area contributed by atoms with Crippen molar-refractivity contribution in [2.75, 3.05) is 13.7 Å². The molecule has 9 heteroatoms. The molecule has 4 rings (SSSR count). The summed E-state index contributed by atoms with van der Waals surface area (Å²) < 4.78 is 23.9. The Labute approximate surface area is 188 Å². The number of pyridine rings is 2. The molecule has 1 fully saturated rings. The minimum absolute atomic E-state index is 0. The summed E-state index contributed by atoms with van der Waals surface area (Å²) in [6.07, 6.45) is 4.09. The second-order valence-corrected chi connectivity index (χ2v) is 8.13. The molecule has 3 aromatic heterocycles. The van der Waals surface area contributed by atoms with Gasteiger partial charge < -0.3 is 24.4 Å². The summed E-state index contributed by atoms with van der Waals surface area (Å²) in [5.41, 5.74) is 3.58. The van der Waals surface area contributed by atoms with Crippen molar-refractivity contribution >= 4 is 22.0 Å². The van der Waals surface area contributed by atoms with E-state index in [0.29, 0.717) is 35.3 Å². The molecule has 142 valence electrons. The molecule has 0 amide bonds. The van der Waals surface area contributed by atoms with Crippen LogP contribution in [0.1, 0.15) is 29.7 Å². The summed E-state index contributed by atoms with van der Waals surface area (Å²) in [7, 11) is 0.181. The standard InChI is InChI=1S/C19H21N4O3S.Na/c1-11-8-14-17(22-18(11)26-9-13-4-5-13)23-19(21-14)27(24)10-15-12(2)16(25-3)6-7-20-15;/h6-8,13H,4-5,9-10H2,1-3H3;/q-1;+1. The number of methoxy groups -OCH3 is 1. The second kappa shape index (κ2) is 8.90. The van der Waals surface area contributed by atoms with Crippen molar-refractivity contribution in [3.63, 3.8) is 0 Å². The number of hydrogen-bond acceptors (Lipinski definition) is 6. The van der Waals surface area contributed by atoms with Crippen LogP contribution in [0.15, 0.2) is 23.5 Å². The number of aromatic nitrogens is 4. The smallest absolute Gasteiger partial charge is 0.496 e. The first-order valence-corrected chi connectivity index (χ1v) is 10.2. The third kappa shape index (κ3) is 4.56. The fourth-order valence-corrected chi connectivity index (χ4v) is 3.86. The summed E-state index contributed by atoms with van der Waals surface area (Å²) in [5.74, 6) is 2.18. The molecule has 0 aromatic carbocycles. The Kier molecular flexibility index (Phi) is 6.75. The minimum Gasteiger partial charge on any atom is -0.496 e. The second-order valence-electron chi connectivity index (χ2n) is 6.79. The van der Waals surface area contributed by atoms with Gasteiger partial charge in [-0.1, -0.05) is 0 Å². The molecule has 3 aromatic rings. The summed E-state index contributed by atoms with van der Waals surface area (Å²) in [6, 6.07) is 3.66. The van der Waals surface area contributed by atoms with E-state index < -0.39 is 10.8 Å². The van der Waals surface area contributed by atoms with Gasteiger partial charge in [-0.05, 0) is 50.3 Å². The zero-order chi connectivity index (χ0) is 19.0. The molecular weight excluding hydrogens is 387 g/mol. The molecule has 7 nitrogen and oxygen atoms in total. The number of imidazole rings is 1. The van der Waals surface area contributed by atoms with Gasteiger partial charge in [0.15, 0.2) is 0 Å². The molecule has 0 N–H and O–H groups in total. The molecule has 0 aliphatic heterocycles. The van der Waals surface area contributed by atoms with Crippen LogP contribution in [0.4, 0.5) is 0 Å². The van der Waals surface area contributed by atoms with Crippen molar-refractivity contribution in [1.82, 2.24) is 19.9 Å². The zero-order valence-electron chi connectivity index (χ0n) is 16.6. The van der Waals surface area contributed by atoms with Gasteiger partial charge >= 0.3 is 29.6 Å². The van der Waals surface area contributed by atoms with E-state index in [-0.39, 0.29) is 40.5 Å². The molecule has 1 unspecified atom stereocenters. The van der Waals surface area contributed by atoms with Crippen molar-refractivity contribution in [3.8, 4) is 11.6 Å². The summed E-state index contributed by atoms with van der Waals surface area (Å²) >= 11 is 0. The van der Waals surface area contributed by atoms with Crippen LogP contribution in [0.5, 0.6) is 11.6 Å². The van der Waals surface area contributed by atoms with Gasteiger partial charge in [0.1, 0.15) is 11.6 Å². The van der Waals surface area contributed by atoms with E-state index in [1.165, 1.54) is 12.8 Å². The maximum atomic E-state index is 12.8. The van der Waals surface area contributed by atoms with Crippen LogP contribution in [0.2, 0.25) is 0 Å². The van der Waals surface area contributed by atoms with E-state index in [2.05, 4.69) is 19.9 Å². The van der Waals surface area contributed by atoms with Gasteiger partial charge in [-0.3, -0.25) is 9.19 Å². The molecule has 0 radical (unpaired) electrons. The first-order valence-electron chi connectivity index (χ1n) is 8.87. The molecule has 1 saturated carbocycles. The predicted octanol–water partition coefficient (Wildman–Crippen LogP) is -0.292. The number of nitrogens with zero attached hydrogens (tertiary/aromatic N) is 4. The minimum atomic E-state index is -1.42. The molecule has 28 heavy (non-hydrogen) atoms. The number of aryl methyl sites for hydroxylation is 1.